The van der Waals surface area contributed by atoms with Crippen LogP contribution < -0.4 is 4.90 Å². The molecule has 0 fully saturated rings. The number of nitrogens with zero attached hydrogens (tertiary/aromatic N) is 1. The molecule has 0 saturated heterocycles. The zero-order valence-corrected chi connectivity index (χ0v) is 11.9. The summed E-state index contributed by atoms with van der Waals surface area (Å²) < 4.78 is 0. The SMILES string of the molecule is C=C/C=C(\C=C)C(=O)CC(=O)c1ccc(N(C)C)cc1. The summed E-state index contributed by atoms with van der Waals surface area (Å²) in [6.07, 6.45) is 4.34. The molecule has 3 heteroatoms. The maximum atomic E-state index is 12.0. The zero-order chi connectivity index (χ0) is 15.1. The van der Waals surface area contributed by atoms with Gasteiger partial charge >= 0.3 is 0 Å². The summed E-state index contributed by atoms with van der Waals surface area (Å²) in [5, 5.41) is 0. The maximum absolute atomic E-state index is 12.0. The largest absolute Gasteiger partial charge is 0.378 e. The van der Waals surface area contributed by atoms with Gasteiger partial charge in [-0.2, -0.15) is 0 Å². The fourth-order valence-corrected chi connectivity index (χ4v) is 1.70. The number of hydrogen-bond acceptors (Lipinski definition) is 3. The number of benzene rings is 1. The fourth-order valence-electron chi connectivity index (χ4n) is 1.70. The molecule has 0 aliphatic carbocycles. The van der Waals surface area contributed by atoms with Crippen LogP contribution in [0.1, 0.15) is 16.8 Å². The van der Waals surface area contributed by atoms with Gasteiger partial charge in [0.05, 0.1) is 6.42 Å². The lowest BCUT2D eigenvalue weighted by Crippen LogP contribution is -2.11. The van der Waals surface area contributed by atoms with Crippen LogP contribution in [0, 0.1) is 0 Å². The van der Waals surface area contributed by atoms with Crippen LogP contribution in [0.3, 0.4) is 0 Å². The summed E-state index contributed by atoms with van der Waals surface area (Å²) in [5.41, 5.74) is 1.94. The molecule has 0 saturated carbocycles. The number of carbonyl (C=O) groups is 2. The van der Waals surface area contributed by atoms with E-state index >= 15 is 0 Å². The van der Waals surface area contributed by atoms with E-state index in [1.54, 1.807) is 18.2 Å². The predicted octanol–water partition coefficient (Wildman–Crippen LogP) is 3.19. The minimum atomic E-state index is -0.249. The van der Waals surface area contributed by atoms with Crippen molar-refractivity contribution in [2.75, 3.05) is 19.0 Å². The lowest BCUT2D eigenvalue weighted by Gasteiger charge is -2.12. The van der Waals surface area contributed by atoms with Crippen molar-refractivity contribution in [3.05, 3.63) is 66.8 Å². The number of carbonyl (C=O) groups excluding carboxylic acids is 2. The Labute approximate surface area is 119 Å². The van der Waals surface area contributed by atoms with Gasteiger partial charge in [-0.05, 0) is 24.3 Å². The highest BCUT2D eigenvalue weighted by Gasteiger charge is 2.13. The van der Waals surface area contributed by atoms with Crippen LogP contribution in [0.4, 0.5) is 5.69 Å². The lowest BCUT2D eigenvalue weighted by molar-refractivity contribution is -0.114. The molecule has 0 radical (unpaired) electrons. The van der Waals surface area contributed by atoms with Crippen molar-refractivity contribution in [1.29, 1.82) is 0 Å². The smallest absolute Gasteiger partial charge is 0.170 e. The van der Waals surface area contributed by atoms with Crippen LogP contribution in [0.5, 0.6) is 0 Å². The Morgan fingerprint density at radius 3 is 2.20 bits per heavy atom. The highest BCUT2D eigenvalue weighted by Crippen LogP contribution is 2.14. The number of hydrogen-bond donors (Lipinski definition) is 0. The van der Waals surface area contributed by atoms with E-state index in [1.807, 2.05) is 31.1 Å². The molecule has 0 bridgehead atoms. The molecule has 0 atom stereocenters. The quantitative estimate of drug-likeness (QED) is 0.330. The van der Waals surface area contributed by atoms with E-state index in [4.69, 9.17) is 0 Å². The first-order valence-corrected chi connectivity index (χ1v) is 6.28. The molecule has 0 aliphatic heterocycles. The molecule has 0 aromatic heterocycles. The van der Waals surface area contributed by atoms with Gasteiger partial charge in [0.1, 0.15) is 0 Å². The third-order valence-electron chi connectivity index (χ3n) is 2.87. The lowest BCUT2D eigenvalue weighted by atomic mass is 10.0. The Balaban J connectivity index is 2.81. The van der Waals surface area contributed by atoms with Gasteiger partial charge < -0.3 is 4.90 Å². The van der Waals surface area contributed by atoms with Gasteiger partial charge in [-0.25, -0.2) is 0 Å². The van der Waals surface area contributed by atoms with Crippen LogP contribution in [0.15, 0.2) is 61.2 Å². The summed E-state index contributed by atoms with van der Waals surface area (Å²) in [6.45, 7) is 7.09. The Morgan fingerprint density at radius 2 is 1.75 bits per heavy atom. The van der Waals surface area contributed by atoms with Crippen molar-refractivity contribution < 1.29 is 9.59 Å². The number of Topliss-reactive ketones (excluding diaryl/α,β-unsaturated/α-hetero) is 2. The average molecular weight is 269 g/mol. The van der Waals surface area contributed by atoms with E-state index in [0.29, 0.717) is 11.1 Å². The monoisotopic (exact) mass is 269 g/mol. The van der Waals surface area contributed by atoms with E-state index < -0.39 is 0 Å². The molecular formula is C17H19NO2. The Morgan fingerprint density at radius 1 is 1.15 bits per heavy atom. The van der Waals surface area contributed by atoms with E-state index in [-0.39, 0.29) is 18.0 Å². The molecule has 20 heavy (non-hydrogen) atoms. The molecule has 104 valence electrons. The molecule has 0 unspecified atom stereocenters. The molecule has 1 aromatic rings. The van der Waals surface area contributed by atoms with Crippen molar-refractivity contribution in [3.8, 4) is 0 Å². The van der Waals surface area contributed by atoms with Crippen LogP contribution in [0.2, 0.25) is 0 Å². The van der Waals surface area contributed by atoms with Gasteiger partial charge in [-0.1, -0.05) is 31.4 Å². The molecule has 0 spiro atoms. The Bertz CT molecular complexity index is 551. The molecule has 0 heterocycles. The molecule has 1 aromatic carbocycles. The first-order chi connectivity index (χ1) is 9.49. The zero-order valence-electron chi connectivity index (χ0n) is 11.9. The summed E-state index contributed by atoms with van der Waals surface area (Å²) in [4.78, 5) is 25.9. The number of anilines is 1. The standard InChI is InChI=1S/C17H19NO2/c1-5-7-13(6-2)16(19)12-17(20)14-8-10-15(11-9-14)18(3)4/h5-11H,1-2,12H2,3-4H3/b13-7+. The highest BCUT2D eigenvalue weighted by molar-refractivity contribution is 6.14. The molecule has 1 rings (SSSR count). The summed E-state index contributed by atoms with van der Waals surface area (Å²) in [7, 11) is 3.85. The molecular weight excluding hydrogens is 250 g/mol. The third kappa shape index (κ3) is 4.05. The molecule has 0 aliphatic rings. The summed E-state index contributed by atoms with van der Waals surface area (Å²) in [5.74, 6) is -0.446. The minimum Gasteiger partial charge on any atom is -0.378 e. The van der Waals surface area contributed by atoms with Crippen molar-refractivity contribution in [3.63, 3.8) is 0 Å². The van der Waals surface area contributed by atoms with Crippen LogP contribution in [-0.4, -0.2) is 25.7 Å². The fraction of sp³-hybridized carbons (Fsp3) is 0.176. The Hall–Kier alpha value is -2.42. The van der Waals surface area contributed by atoms with Crippen LogP contribution in [-0.2, 0) is 4.79 Å². The average Bonchev–Trinajstić information content (AvgIpc) is 2.44. The van der Waals surface area contributed by atoms with Gasteiger partial charge in [0.25, 0.3) is 0 Å². The highest BCUT2D eigenvalue weighted by atomic mass is 16.1. The van der Waals surface area contributed by atoms with Crippen molar-refractivity contribution in [2.24, 2.45) is 0 Å². The number of rotatable bonds is 7. The second kappa shape index (κ2) is 7.24. The topological polar surface area (TPSA) is 37.4 Å². The first kappa shape index (κ1) is 15.6. The van der Waals surface area contributed by atoms with E-state index in [0.717, 1.165) is 5.69 Å². The van der Waals surface area contributed by atoms with Crippen LogP contribution in [0.25, 0.3) is 0 Å². The van der Waals surface area contributed by atoms with Gasteiger partial charge in [0.2, 0.25) is 0 Å². The van der Waals surface area contributed by atoms with Gasteiger partial charge in [0.15, 0.2) is 11.6 Å². The molecule has 3 nitrogen and oxygen atoms in total. The maximum Gasteiger partial charge on any atom is 0.170 e. The van der Waals surface area contributed by atoms with E-state index in [2.05, 4.69) is 13.2 Å². The summed E-state index contributed by atoms with van der Waals surface area (Å²) >= 11 is 0. The normalized spacial score (nSPS) is 10.8. The number of allylic oxidation sites excluding steroid dienone is 4. The Kier molecular flexibility index (Phi) is 5.66. The molecule has 0 amide bonds. The van der Waals surface area contributed by atoms with Gasteiger partial charge in [-0.15, -0.1) is 0 Å². The molecule has 0 N–H and O–H groups in total. The van der Waals surface area contributed by atoms with Gasteiger partial charge in [0, 0.05) is 30.9 Å². The van der Waals surface area contributed by atoms with E-state index in [9.17, 15) is 9.59 Å². The van der Waals surface area contributed by atoms with Crippen LogP contribution >= 0.6 is 0 Å². The van der Waals surface area contributed by atoms with E-state index in [1.165, 1.54) is 12.2 Å². The number of ketones is 2. The minimum absolute atomic E-state index is 0.160. The van der Waals surface area contributed by atoms with Crippen molar-refractivity contribution in [2.45, 2.75) is 6.42 Å². The third-order valence-corrected chi connectivity index (χ3v) is 2.87. The van der Waals surface area contributed by atoms with Crippen molar-refractivity contribution in [1.82, 2.24) is 0 Å². The van der Waals surface area contributed by atoms with Crippen molar-refractivity contribution >= 4 is 17.3 Å². The summed E-state index contributed by atoms with van der Waals surface area (Å²) in [6, 6.07) is 7.17. The second-order valence-electron chi connectivity index (χ2n) is 4.53. The first-order valence-electron chi connectivity index (χ1n) is 6.28. The van der Waals surface area contributed by atoms with Gasteiger partial charge in [-0.3, -0.25) is 9.59 Å². The predicted molar refractivity (Wildman–Crippen MR) is 83.2 cm³/mol. The second-order valence-corrected chi connectivity index (χ2v) is 4.53.